The Bertz CT molecular complexity index is 697. The van der Waals surface area contributed by atoms with Gasteiger partial charge in [0.25, 0.3) is 0 Å². The molecule has 25 heavy (non-hydrogen) atoms. The minimum atomic E-state index is -1.39. The predicted molar refractivity (Wildman–Crippen MR) is 86.6 cm³/mol. The van der Waals surface area contributed by atoms with Crippen LogP contribution in [0.15, 0.2) is 48.5 Å². The Morgan fingerprint density at radius 1 is 1.08 bits per heavy atom. The summed E-state index contributed by atoms with van der Waals surface area (Å²) in [5.41, 5.74) is 0.893. The van der Waals surface area contributed by atoms with Crippen molar-refractivity contribution in [2.75, 3.05) is 6.54 Å². The summed E-state index contributed by atoms with van der Waals surface area (Å²) in [6, 6.07) is 12.0. The normalized spacial score (nSPS) is 13.1. The third-order valence-corrected chi connectivity index (χ3v) is 3.57. The monoisotopic (exact) mass is 351 g/mol. The van der Waals surface area contributed by atoms with Gasteiger partial charge < -0.3 is 20.3 Å². The summed E-state index contributed by atoms with van der Waals surface area (Å²) in [7, 11) is 0. The van der Waals surface area contributed by atoms with Crippen molar-refractivity contribution in [3.63, 3.8) is 0 Å². The van der Waals surface area contributed by atoms with Crippen molar-refractivity contribution >= 4 is 6.09 Å². The maximum atomic E-state index is 13.1. The summed E-state index contributed by atoms with van der Waals surface area (Å²) in [5.74, 6) is -2.14. The Balaban J connectivity index is 1.72. The van der Waals surface area contributed by atoms with Crippen molar-refractivity contribution in [1.82, 2.24) is 5.32 Å². The van der Waals surface area contributed by atoms with Crippen LogP contribution in [-0.4, -0.2) is 29.0 Å². The summed E-state index contributed by atoms with van der Waals surface area (Å²) in [6.07, 6.45) is -3.28. The lowest BCUT2D eigenvalue weighted by atomic mass is 10.0. The van der Waals surface area contributed by atoms with E-state index < -0.39 is 29.9 Å². The Morgan fingerprint density at radius 3 is 2.48 bits per heavy atom. The van der Waals surface area contributed by atoms with Crippen LogP contribution in [0.4, 0.5) is 13.6 Å². The van der Waals surface area contributed by atoms with Crippen LogP contribution in [0, 0.1) is 11.6 Å². The molecule has 2 atom stereocenters. The molecule has 0 fully saturated rings. The predicted octanol–water partition coefficient (Wildman–Crippen LogP) is 2.68. The van der Waals surface area contributed by atoms with Crippen molar-refractivity contribution in [3.8, 4) is 0 Å². The van der Waals surface area contributed by atoms with E-state index in [1.807, 2.05) is 30.3 Å². The molecule has 5 nitrogen and oxygen atoms in total. The van der Waals surface area contributed by atoms with Gasteiger partial charge in [0.1, 0.15) is 12.7 Å². The molecule has 2 aromatic carbocycles. The summed E-state index contributed by atoms with van der Waals surface area (Å²) in [5, 5.41) is 22.3. The fraction of sp³-hybridized carbons (Fsp3) is 0.278. The fourth-order valence-electron chi connectivity index (χ4n) is 2.17. The lowest BCUT2D eigenvalue weighted by molar-refractivity contribution is 0.0134. The van der Waals surface area contributed by atoms with Gasteiger partial charge in [0, 0.05) is 6.54 Å². The Labute approximate surface area is 143 Å². The highest BCUT2D eigenvalue weighted by Gasteiger charge is 2.19. The zero-order valence-electron chi connectivity index (χ0n) is 13.4. The van der Waals surface area contributed by atoms with Gasteiger partial charge in [0.2, 0.25) is 0 Å². The van der Waals surface area contributed by atoms with Crippen molar-refractivity contribution < 1.29 is 28.5 Å². The lowest BCUT2D eigenvalue weighted by Gasteiger charge is -2.18. The van der Waals surface area contributed by atoms with E-state index in [0.717, 1.165) is 17.7 Å². The van der Waals surface area contributed by atoms with Gasteiger partial charge in [-0.1, -0.05) is 36.4 Å². The molecular formula is C18H19F2NO4. The average molecular weight is 351 g/mol. The zero-order chi connectivity index (χ0) is 18.2. The number of aliphatic hydroxyl groups is 2. The van der Waals surface area contributed by atoms with Crippen LogP contribution < -0.4 is 5.32 Å². The molecule has 2 rings (SSSR count). The number of hydrogen-bond acceptors (Lipinski definition) is 4. The van der Waals surface area contributed by atoms with Crippen molar-refractivity contribution in [1.29, 1.82) is 0 Å². The third kappa shape index (κ3) is 5.81. The molecule has 0 aliphatic carbocycles. The standard InChI is InChI=1S/C18H19F2NO4/c19-14-7-6-13(10-15(14)20)17(23)16(22)8-9-21-18(24)25-11-12-4-2-1-3-5-12/h1-7,10,16-17,22-23H,8-9,11H2,(H,21,24). The average Bonchev–Trinajstić information content (AvgIpc) is 2.62. The largest absolute Gasteiger partial charge is 0.445 e. The van der Waals surface area contributed by atoms with E-state index >= 15 is 0 Å². The highest BCUT2D eigenvalue weighted by molar-refractivity contribution is 5.67. The summed E-state index contributed by atoms with van der Waals surface area (Å²) >= 11 is 0. The first-order chi connectivity index (χ1) is 12.0. The van der Waals surface area contributed by atoms with Crippen LogP contribution in [-0.2, 0) is 11.3 Å². The molecule has 0 heterocycles. The van der Waals surface area contributed by atoms with Crippen LogP contribution >= 0.6 is 0 Å². The Morgan fingerprint density at radius 2 is 1.80 bits per heavy atom. The van der Waals surface area contributed by atoms with E-state index in [4.69, 9.17) is 4.74 Å². The van der Waals surface area contributed by atoms with E-state index in [1.54, 1.807) is 0 Å². The number of hydrogen-bond donors (Lipinski definition) is 3. The van der Waals surface area contributed by atoms with Gasteiger partial charge in [-0.05, 0) is 29.7 Å². The molecule has 0 aromatic heterocycles. The molecule has 0 aliphatic heterocycles. The van der Waals surface area contributed by atoms with E-state index in [2.05, 4.69) is 5.32 Å². The molecule has 134 valence electrons. The lowest BCUT2D eigenvalue weighted by Crippen LogP contribution is -2.29. The highest BCUT2D eigenvalue weighted by Crippen LogP contribution is 2.20. The maximum Gasteiger partial charge on any atom is 0.407 e. The number of alkyl carbamates (subject to hydrolysis) is 1. The summed E-state index contributed by atoms with van der Waals surface area (Å²) in [6.45, 7) is 0.169. The van der Waals surface area contributed by atoms with Crippen LogP contribution in [0.5, 0.6) is 0 Å². The first-order valence-electron chi connectivity index (χ1n) is 7.73. The van der Waals surface area contributed by atoms with Gasteiger partial charge in [-0.25, -0.2) is 13.6 Å². The number of aliphatic hydroxyl groups excluding tert-OH is 2. The first-order valence-corrected chi connectivity index (χ1v) is 7.73. The minimum absolute atomic E-state index is 0.0145. The van der Waals surface area contributed by atoms with E-state index in [0.29, 0.717) is 0 Å². The summed E-state index contributed by atoms with van der Waals surface area (Å²) in [4.78, 5) is 11.6. The molecule has 1 amide bonds. The fourth-order valence-corrected chi connectivity index (χ4v) is 2.17. The van der Waals surface area contributed by atoms with Crippen LogP contribution in [0.25, 0.3) is 0 Å². The Kier molecular flexibility index (Phi) is 6.85. The SMILES string of the molecule is O=C(NCCC(O)C(O)c1ccc(F)c(F)c1)OCc1ccccc1. The second-order valence-electron chi connectivity index (χ2n) is 5.46. The van der Waals surface area contributed by atoms with Crippen molar-refractivity contribution in [3.05, 3.63) is 71.3 Å². The second-order valence-corrected chi connectivity index (χ2v) is 5.46. The molecule has 0 bridgehead atoms. The van der Waals surface area contributed by atoms with Gasteiger partial charge in [0.15, 0.2) is 11.6 Å². The van der Waals surface area contributed by atoms with E-state index in [9.17, 15) is 23.8 Å². The third-order valence-electron chi connectivity index (χ3n) is 3.57. The molecule has 3 N–H and O–H groups in total. The smallest absolute Gasteiger partial charge is 0.407 e. The number of nitrogens with one attached hydrogen (secondary N) is 1. The topological polar surface area (TPSA) is 78.8 Å². The molecule has 0 saturated heterocycles. The molecular weight excluding hydrogens is 332 g/mol. The number of carbonyl (C=O) groups excluding carboxylic acids is 1. The number of ether oxygens (including phenoxy) is 1. The molecule has 0 spiro atoms. The summed E-state index contributed by atoms with van der Waals surface area (Å²) < 4.78 is 31.0. The minimum Gasteiger partial charge on any atom is -0.445 e. The highest BCUT2D eigenvalue weighted by atomic mass is 19.2. The van der Waals surface area contributed by atoms with Crippen molar-refractivity contribution in [2.24, 2.45) is 0 Å². The molecule has 0 radical (unpaired) electrons. The number of halogens is 2. The van der Waals surface area contributed by atoms with Gasteiger partial charge in [-0.3, -0.25) is 0 Å². The Hall–Kier alpha value is -2.51. The number of rotatable bonds is 7. The van der Waals surface area contributed by atoms with Crippen LogP contribution in [0.1, 0.15) is 23.7 Å². The van der Waals surface area contributed by atoms with E-state index in [-0.39, 0.29) is 25.1 Å². The van der Waals surface area contributed by atoms with Gasteiger partial charge in [-0.15, -0.1) is 0 Å². The quantitative estimate of drug-likeness (QED) is 0.717. The van der Waals surface area contributed by atoms with Crippen LogP contribution in [0.3, 0.4) is 0 Å². The molecule has 2 aromatic rings. The molecule has 0 aliphatic rings. The molecule has 7 heteroatoms. The number of amides is 1. The number of benzene rings is 2. The van der Waals surface area contributed by atoms with Crippen LogP contribution in [0.2, 0.25) is 0 Å². The molecule has 2 unspecified atom stereocenters. The van der Waals surface area contributed by atoms with E-state index in [1.165, 1.54) is 6.07 Å². The molecule has 0 saturated carbocycles. The van der Waals surface area contributed by atoms with Crippen molar-refractivity contribution in [2.45, 2.75) is 25.2 Å². The van der Waals surface area contributed by atoms with Gasteiger partial charge in [0.05, 0.1) is 6.10 Å². The first kappa shape index (κ1) is 18.8. The zero-order valence-corrected chi connectivity index (χ0v) is 13.4. The van der Waals surface area contributed by atoms with Gasteiger partial charge in [-0.2, -0.15) is 0 Å². The second kappa shape index (κ2) is 9.10. The van der Waals surface area contributed by atoms with Gasteiger partial charge >= 0.3 is 6.09 Å². The number of carbonyl (C=O) groups is 1. The maximum absolute atomic E-state index is 13.1.